The van der Waals surface area contributed by atoms with Crippen molar-refractivity contribution in [1.29, 1.82) is 0 Å². The molecule has 10 heteroatoms. The number of carboxylic acid groups (broad SMARTS) is 1. The van der Waals surface area contributed by atoms with Crippen molar-refractivity contribution in [3.8, 4) is 0 Å². The van der Waals surface area contributed by atoms with E-state index in [0.29, 0.717) is 16.8 Å². The van der Waals surface area contributed by atoms with E-state index in [2.05, 4.69) is 15.2 Å². The van der Waals surface area contributed by atoms with Crippen molar-refractivity contribution in [3.05, 3.63) is 95.1 Å². The molecule has 1 unspecified atom stereocenters. The third-order valence-electron chi connectivity index (χ3n) is 5.23. The smallest absolute Gasteiger partial charge is 0.322 e. The van der Waals surface area contributed by atoms with Gasteiger partial charge in [0, 0.05) is 17.7 Å². The molecule has 0 bridgehead atoms. The summed E-state index contributed by atoms with van der Waals surface area (Å²) in [5, 5.41) is 25.0. The van der Waals surface area contributed by atoms with Crippen molar-refractivity contribution in [2.75, 3.05) is 5.32 Å². The van der Waals surface area contributed by atoms with Crippen LogP contribution >= 0.6 is 0 Å². The minimum Gasteiger partial charge on any atom is -0.480 e. The van der Waals surface area contributed by atoms with Crippen molar-refractivity contribution < 1.29 is 28.3 Å². The molecule has 3 rings (SSSR count). The number of anilines is 1. The normalized spacial score (nSPS) is 12.7. The Morgan fingerprint density at radius 3 is 1.89 bits per heavy atom. The summed E-state index contributed by atoms with van der Waals surface area (Å²) in [5.41, 5.74) is 3.17. The molecular formula is C25H25N3O6S. The molecule has 0 saturated carbocycles. The highest BCUT2D eigenvalue weighted by Crippen LogP contribution is 2.16. The van der Waals surface area contributed by atoms with E-state index in [9.17, 15) is 28.3 Å². The largest absolute Gasteiger partial charge is 0.480 e. The van der Waals surface area contributed by atoms with Crippen LogP contribution in [0.3, 0.4) is 0 Å². The van der Waals surface area contributed by atoms with E-state index in [1.165, 1.54) is 24.3 Å². The second kappa shape index (κ2) is 10.9. The number of nitrogens with one attached hydrogen (secondary N) is 2. The quantitative estimate of drug-likeness (QED) is 0.203. The number of nitrogens with zero attached hydrogens (tertiary/aromatic N) is 1. The van der Waals surface area contributed by atoms with Gasteiger partial charge in [0.05, 0.1) is 10.6 Å². The minimum absolute atomic E-state index is 0.0413. The van der Waals surface area contributed by atoms with E-state index in [0.717, 1.165) is 11.1 Å². The monoisotopic (exact) mass is 495 g/mol. The first kappa shape index (κ1) is 25.6. The van der Waals surface area contributed by atoms with Gasteiger partial charge in [0.1, 0.15) is 6.04 Å². The zero-order valence-corrected chi connectivity index (χ0v) is 19.9. The van der Waals surface area contributed by atoms with Crippen LogP contribution in [0.15, 0.2) is 82.8 Å². The van der Waals surface area contributed by atoms with Gasteiger partial charge in [-0.15, -0.1) is 0 Å². The van der Waals surface area contributed by atoms with E-state index >= 15 is 0 Å². The third kappa shape index (κ3) is 6.75. The summed E-state index contributed by atoms with van der Waals surface area (Å²) >= 11 is 0. The third-order valence-corrected chi connectivity index (χ3v) is 6.72. The Morgan fingerprint density at radius 1 is 0.857 bits per heavy atom. The van der Waals surface area contributed by atoms with Crippen molar-refractivity contribution >= 4 is 33.3 Å². The second-order valence-corrected chi connectivity index (χ2v) is 9.69. The number of carbonyl (C=O) groups is 2. The highest BCUT2D eigenvalue weighted by Gasteiger charge is 2.27. The number of sulfonamides is 1. The predicted molar refractivity (Wildman–Crippen MR) is 131 cm³/mol. The van der Waals surface area contributed by atoms with E-state index in [4.69, 9.17) is 0 Å². The molecule has 1 amide bonds. The number of carbonyl (C=O) groups excluding carboxylic acids is 1. The molecule has 0 fully saturated rings. The Labute approximate surface area is 203 Å². The Balaban J connectivity index is 1.72. The first-order chi connectivity index (χ1) is 16.6. The molecule has 3 aromatic rings. The summed E-state index contributed by atoms with van der Waals surface area (Å²) in [7, 11) is -4.12. The van der Waals surface area contributed by atoms with Crippen molar-refractivity contribution in [2.45, 2.75) is 31.2 Å². The van der Waals surface area contributed by atoms with Crippen molar-refractivity contribution in [2.24, 2.45) is 5.16 Å². The van der Waals surface area contributed by atoms with Gasteiger partial charge in [-0.05, 0) is 55.8 Å². The number of aryl methyl sites for hydroxylation is 2. The SMILES string of the molecule is Cc1ccc(C(=O)Nc2ccc(C(CC(NS(=O)(=O)c3ccc(C)cc3)C(=O)O)=NO)cc2)cc1. The van der Waals surface area contributed by atoms with Crippen LogP contribution in [0.25, 0.3) is 0 Å². The zero-order valence-electron chi connectivity index (χ0n) is 19.1. The highest BCUT2D eigenvalue weighted by molar-refractivity contribution is 7.89. The van der Waals surface area contributed by atoms with E-state index < -0.39 is 28.5 Å². The molecule has 1 atom stereocenters. The number of amides is 1. The summed E-state index contributed by atoms with van der Waals surface area (Å²) < 4.78 is 27.4. The highest BCUT2D eigenvalue weighted by atomic mass is 32.2. The van der Waals surface area contributed by atoms with Crippen LogP contribution in [0.4, 0.5) is 5.69 Å². The van der Waals surface area contributed by atoms with Gasteiger partial charge in [-0.25, -0.2) is 8.42 Å². The molecule has 3 aromatic carbocycles. The number of hydrogen-bond donors (Lipinski definition) is 4. The lowest BCUT2D eigenvalue weighted by Crippen LogP contribution is -2.42. The lowest BCUT2D eigenvalue weighted by atomic mass is 10.0. The summed E-state index contributed by atoms with van der Waals surface area (Å²) in [6.07, 6.45) is -0.411. The lowest BCUT2D eigenvalue weighted by Gasteiger charge is -2.16. The molecule has 0 heterocycles. The van der Waals surface area contributed by atoms with Crippen LogP contribution < -0.4 is 10.0 Å². The van der Waals surface area contributed by atoms with Gasteiger partial charge in [0.2, 0.25) is 10.0 Å². The van der Waals surface area contributed by atoms with Crippen LogP contribution in [0.5, 0.6) is 0 Å². The molecule has 9 nitrogen and oxygen atoms in total. The number of benzene rings is 3. The number of oxime groups is 1. The van der Waals surface area contributed by atoms with Gasteiger partial charge < -0.3 is 15.6 Å². The maximum absolute atomic E-state index is 12.6. The van der Waals surface area contributed by atoms with Crippen LogP contribution in [-0.4, -0.2) is 42.4 Å². The average Bonchev–Trinajstić information content (AvgIpc) is 2.83. The fourth-order valence-corrected chi connectivity index (χ4v) is 4.41. The number of hydrogen-bond acceptors (Lipinski definition) is 6. The number of carboxylic acids is 1. The molecule has 4 N–H and O–H groups in total. The minimum atomic E-state index is -4.12. The molecule has 0 spiro atoms. The lowest BCUT2D eigenvalue weighted by molar-refractivity contribution is -0.138. The van der Waals surface area contributed by atoms with Gasteiger partial charge in [0.25, 0.3) is 5.91 Å². The fourth-order valence-electron chi connectivity index (χ4n) is 3.22. The average molecular weight is 496 g/mol. The van der Waals surface area contributed by atoms with E-state index in [1.807, 2.05) is 19.1 Å². The molecule has 0 radical (unpaired) electrons. The molecule has 182 valence electrons. The van der Waals surface area contributed by atoms with Crippen LogP contribution in [-0.2, 0) is 14.8 Å². The van der Waals surface area contributed by atoms with Gasteiger partial charge in [-0.3, -0.25) is 9.59 Å². The first-order valence-corrected chi connectivity index (χ1v) is 12.1. The Kier molecular flexibility index (Phi) is 8.00. The molecule has 0 aromatic heterocycles. The number of rotatable bonds is 9. The summed E-state index contributed by atoms with van der Waals surface area (Å²) in [4.78, 5) is 24.1. The van der Waals surface area contributed by atoms with Gasteiger partial charge in [-0.1, -0.05) is 52.7 Å². The van der Waals surface area contributed by atoms with Gasteiger partial charge >= 0.3 is 5.97 Å². The number of aliphatic carboxylic acids is 1. The molecule has 0 aliphatic carbocycles. The first-order valence-electron chi connectivity index (χ1n) is 10.6. The Hall–Kier alpha value is -4.02. The Morgan fingerprint density at radius 2 is 1.37 bits per heavy atom. The molecule has 0 aliphatic heterocycles. The standard InChI is InChI=1S/C25H25N3O6S/c1-16-3-7-19(8-4-16)24(29)26-20-11-9-18(10-12-20)22(27-32)15-23(25(30)31)28-35(33,34)21-13-5-17(2)6-14-21/h3-14,23,28,32H,15H2,1-2H3,(H,26,29)(H,30,31). The second-order valence-electron chi connectivity index (χ2n) is 7.97. The van der Waals surface area contributed by atoms with E-state index in [-0.39, 0.29) is 16.5 Å². The fraction of sp³-hybridized carbons (Fsp3) is 0.160. The topological polar surface area (TPSA) is 145 Å². The predicted octanol–water partition coefficient (Wildman–Crippen LogP) is 3.56. The molecule has 35 heavy (non-hydrogen) atoms. The zero-order chi connectivity index (χ0) is 25.6. The Bertz CT molecular complexity index is 1330. The molecule has 0 aliphatic rings. The molecular weight excluding hydrogens is 470 g/mol. The van der Waals surface area contributed by atoms with Crippen LogP contribution in [0, 0.1) is 13.8 Å². The van der Waals surface area contributed by atoms with Gasteiger partial charge in [-0.2, -0.15) is 4.72 Å². The summed E-state index contributed by atoms with van der Waals surface area (Å²) in [6, 6.07) is 17.7. The maximum Gasteiger partial charge on any atom is 0.322 e. The van der Waals surface area contributed by atoms with Crippen molar-refractivity contribution in [1.82, 2.24) is 4.72 Å². The van der Waals surface area contributed by atoms with Crippen LogP contribution in [0.1, 0.15) is 33.5 Å². The summed E-state index contributed by atoms with van der Waals surface area (Å²) in [6.45, 7) is 3.72. The van der Waals surface area contributed by atoms with Gasteiger partial charge in [0.15, 0.2) is 0 Å². The molecule has 0 saturated heterocycles. The van der Waals surface area contributed by atoms with E-state index in [1.54, 1.807) is 43.3 Å². The van der Waals surface area contributed by atoms with Crippen molar-refractivity contribution in [3.63, 3.8) is 0 Å². The maximum atomic E-state index is 12.6. The summed E-state index contributed by atoms with van der Waals surface area (Å²) in [5.74, 6) is -1.73. The van der Waals surface area contributed by atoms with Crippen LogP contribution in [0.2, 0.25) is 0 Å².